The molecule has 0 unspecified atom stereocenters. The number of nitrogens with zero attached hydrogens (tertiary/aromatic N) is 4. The Morgan fingerprint density at radius 2 is 1.97 bits per heavy atom. The molecule has 1 heterocycles. The van der Waals surface area contributed by atoms with Crippen LogP contribution in [-0.2, 0) is 13.1 Å². The molecule has 31 heavy (non-hydrogen) atoms. The van der Waals surface area contributed by atoms with Crippen molar-refractivity contribution in [2.24, 2.45) is 0 Å². The van der Waals surface area contributed by atoms with E-state index >= 15 is 0 Å². The zero-order valence-electron chi connectivity index (χ0n) is 17.0. The van der Waals surface area contributed by atoms with Crippen LogP contribution in [-0.4, -0.2) is 32.2 Å². The zero-order valence-corrected chi connectivity index (χ0v) is 17.9. The van der Waals surface area contributed by atoms with E-state index in [1.807, 2.05) is 35.8 Å². The summed E-state index contributed by atoms with van der Waals surface area (Å²) in [5, 5.41) is 20.6. The molecule has 1 aromatic heterocycles. The number of benzene rings is 2. The molecule has 156 valence electrons. The van der Waals surface area contributed by atoms with E-state index in [0.29, 0.717) is 34.2 Å². The summed E-state index contributed by atoms with van der Waals surface area (Å²) in [6.45, 7) is 6.35. The predicted octanol–water partition coefficient (Wildman–Crippen LogP) is 3.55. The van der Waals surface area contributed by atoms with Crippen molar-refractivity contribution in [3.05, 3.63) is 89.3 Å². The Balaban J connectivity index is 1.65. The normalized spacial score (nSPS) is 10.3. The van der Waals surface area contributed by atoms with Gasteiger partial charge in [0.05, 0.1) is 23.9 Å². The number of hydrogen-bond donors (Lipinski definition) is 1. The van der Waals surface area contributed by atoms with Crippen molar-refractivity contribution < 1.29 is 9.59 Å². The molecule has 0 fully saturated rings. The quantitative estimate of drug-likeness (QED) is 0.316. The first-order valence-electron chi connectivity index (χ1n) is 9.56. The van der Waals surface area contributed by atoms with Gasteiger partial charge in [0, 0.05) is 17.7 Å². The average Bonchev–Trinajstić information content (AvgIpc) is 3.17. The molecule has 8 heteroatoms. The van der Waals surface area contributed by atoms with Gasteiger partial charge in [-0.1, -0.05) is 47.7 Å². The highest BCUT2D eigenvalue weighted by Crippen LogP contribution is 2.19. The number of amides is 1. The fourth-order valence-corrected chi connectivity index (χ4v) is 3.72. The molecule has 0 atom stereocenters. The Kier molecular flexibility index (Phi) is 7.35. The number of carbonyl (C=O) groups excluding carboxylic acids is 2. The van der Waals surface area contributed by atoms with Gasteiger partial charge in [0.25, 0.3) is 5.91 Å². The summed E-state index contributed by atoms with van der Waals surface area (Å²) in [5.74, 6) is 0.491. The maximum Gasteiger partial charge on any atom is 0.251 e. The second-order valence-corrected chi connectivity index (χ2v) is 7.69. The molecule has 0 saturated heterocycles. The lowest BCUT2D eigenvalue weighted by Crippen LogP contribution is -2.25. The number of Topliss-reactive ketones (excluding diaryl/α,β-unsaturated/α-hetero) is 1. The van der Waals surface area contributed by atoms with E-state index in [2.05, 4.69) is 22.1 Å². The molecule has 3 rings (SSSR count). The summed E-state index contributed by atoms with van der Waals surface area (Å²) in [6, 6.07) is 15.9. The predicted molar refractivity (Wildman–Crippen MR) is 119 cm³/mol. The largest absolute Gasteiger partial charge is 0.345 e. The highest BCUT2D eigenvalue weighted by atomic mass is 32.2. The highest BCUT2D eigenvalue weighted by molar-refractivity contribution is 7.99. The van der Waals surface area contributed by atoms with E-state index in [4.69, 9.17) is 5.26 Å². The van der Waals surface area contributed by atoms with Crippen molar-refractivity contribution in [1.82, 2.24) is 20.1 Å². The van der Waals surface area contributed by atoms with Crippen LogP contribution < -0.4 is 5.32 Å². The molecule has 1 N–H and O–H groups in total. The van der Waals surface area contributed by atoms with Crippen LogP contribution in [0.25, 0.3) is 0 Å². The fourth-order valence-electron chi connectivity index (χ4n) is 2.86. The number of nitrogens with one attached hydrogen (secondary N) is 1. The molecule has 0 aliphatic heterocycles. The lowest BCUT2D eigenvalue weighted by molar-refractivity contribution is 0.0948. The standard InChI is InChI=1S/C23H21N5O2S/c1-3-11-28-21(14-25-22(30)19-6-4-5-16(2)12-19)26-27-23(28)31-15-20(29)18-9-7-17(13-24)8-10-18/h3-10,12H,1,11,14-15H2,2H3,(H,25,30). The van der Waals surface area contributed by atoms with Crippen molar-refractivity contribution in [2.75, 3.05) is 5.75 Å². The van der Waals surface area contributed by atoms with Gasteiger partial charge in [0.15, 0.2) is 16.8 Å². The Bertz CT molecular complexity index is 1150. The van der Waals surface area contributed by atoms with Crippen molar-refractivity contribution in [2.45, 2.75) is 25.2 Å². The molecule has 0 saturated carbocycles. The molecule has 1 amide bonds. The summed E-state index contributed by atoms with van der Waals surface area (Å²) in [5.41, 5.74) is 2.63. The number of nitriles is 1. The number of ketones is 1. The van der Waals surface area contributed by atoms with E-state index in [1.165, 1.54) is 11.8 Å². The number of thioether (sulfide) groups is 1. The number of aromatic nitrogens is 3. The summed E-state index contributed by atoms with van der Waals surface area (Å²) in [4.78, 5) is 24.9. The second-order valence-electron chi connectivity index (χ2n) is 6.75. The summed E-state index contributed by atoms with van der Waals surface area (Å²) in [7, 11) is 0. The first-order valence-corrected chi connectivity index (χ1v) is 10.5. The minimum atomic E-state index is -0.193. The Hall–Kier alpha value is -3.70. The molecule has 0 aliphatic carbocycles. The highest BCUT2D eigenvalue weighted by Gasteiger charge is 2.15. The van der Waals surface area contributed by atoms with Gasteiger partial charge >= 0.3 is 0 Å². The van der Waals surface area contributed by atoms with E-state index in [9.17, 15) is 9.59 Å². The fraction of sp³-hybridized carbons (Fsp3) is 0.174. The third-order valence-corrected chi connectivity index (χ3v) is 5.43. The number of allylic oxidation sites excluding steroid dienone is 1. The van der Waals surface area contributed by atoms with Crippen molar-refractivity contribution in [3.63, 3.8) is 0 Å². The number of carbonyl (C=O) groups is 2. The van der Waals surface area contributed by atoms with E-state index < -0.39 is 0 Å². The summed E-state index contributed by atoms with van der Waals surface area (Å²) < 4.78 is 1.82. The topological polar surface area (TPSA) is 101 Å². The van der Waals surface area contributed by atoms with Gasteiger partial charge in [-0.2, -0.15) is 5.26 Å². The minimum Gasteiger partial charge on any atom is -0.345 e. The molecule has 0 radical (unpaired) electrons. The molecular formula is C23H21N5O2S. The maximum absolute atomic E-state index is 12.5. The first kappa shape index (κ1) is 22.0. The number of rotatable bonds is 9. The van der Waals surface area contributed by atoms with Crippen LogP contribution in [0.15, 0.2) is 66.3 Å². The van der Waals surface area contributed by atoms with Gasteiger partial charge < -0.3 is 9.88 Å². The molecule has 2 aromatic carbocycles. The van der Waals surface area contributed by atoms with Crippen molar-refractivity contribution in [1.29, 1.82) is 5.26 Å². The number of hydrogen-bond acceptors (Lipinski definition) is 6. The molecule has 3 aromatic rings. The lowest BCUT2D eigenvalue weighted by atomic mass is 10.1. The number of aryl methyl sites for hydroxylation is 1. The van der Waals surface area contributed by atoms with E-state index in [-0.39, 0.29) is 24.0 Å². The van der Waals surface area contributed by atoms with Gasteiger partial charge in [-0.3, -0.25) is 9.59 Å². The van der Waals surface area contributed by atoms with Crippen LogP contribution in [0.1, 0.15) is 37.7 Å². The smallest absolute Gasteiger partial charge is 0.251 e. The first-order chi connectivity index (χ1) is 15.0. The van der Waals surface area contributed by atoms with Gasteiger partial charge in [0.1, 0.15) is 0 Å². The van der Waals surface area contributed by atoms with Crippen LogP contribution in [0, 0.1) is 18.3 Å². The summed E-state index contributed by atoms with van der Waals surface area (Å²) in [6.07, 6.45) is 1.71. The Labute approximate surface area is 184 Å². The van der Waals surface area contributed by atoms with Gasteiger partial charge in [0.2, 0.25) is 0 Å². The van der Waals surface area contributed by atoms with Crippen LogP contribution in [0.2, 0.25) is 0 Å². The molecule has 7 nitrogen and oxygen atoms in total. The molecule has 0 bridgehead atoms. The lowest BCUT2D eigenvalue weighted by Gasteiger charge is -2.09. The van der Waals surface area contributed by atoms with Gasteiger partial charge in [-0.05, 0) is 31.2 Å². The van der Waals surface area contributed by atoms with Crippen molar-refractivity contribution in [3.8, 4) is 6.07 Å². The third-order valence-electron chi connectivity index (χ3n) is 4.46. The van der Waals surface area contributed by atoms with Crippen LogP contribution >= 0.6 is 11.8 Å². The van der Waals surface area contributed by atoms with Crippen LogP contribution in [0.5, 0.6) is 0 Å². The minimum absolute atomic E-state index is 0.0723. The molecule has 0 spiro atoms. The van der Waals surface area contributed by atoms with E-state index in [0.717, 1.165) is 5.56 Å². The Morgan fingerprint density at radius 3 is 2.65 bits per heavy atom. The van der Waals surface area contributed by atoms with Crippen LogP contribution in [0.4, 0.5) is 0 Å². The van der Waals surface area contributed by atoms with Crippen molar-refractivity contribution >= 4 is 23.5 Å². The monoisotopic (exact) mass is 431 g/mol. The van der Waals surface area contributed by atoms with Gasteiger partial charge in [-0.25, -0.2) is 0 Å². The molecule has 0 aliphatic rings. The van der Waals surface area contributed by atoms with Gasteiger partial charge in [-0.15, -0.1) is 16.8 Å². The third kappa shape index (κ3) is 5.68. The second kappa shape index (κ2) is 10.4. The average molecular weight is 432 g/mol. The van der Waals surface area contributed by atoms with Crippen LogP contribution in [0.3, 0.4) is 0 Å². The van der Waals surface area contributed by atoms with E-state index in [1.54, 1.807) is 36.4 Å². The Morgan fingerprint density at radius 1 is 1.19 bits per heavy atom. The summed E-state index contributed by atoms with van der Waals surface area (Å²) >= 11 is 1.27. The zero-order chi connectivity index (χ0) is 22.2. The maximum atomic E-state index is 12.5. The molecular weight excluding hydrogens is 410 g/mol. The SMILES string of the molecule is C=CCn1c(CNC(=O)c2cccc(C)c2)nnc1SCC(=O)c1ccc(C#N)cc1.